The monoisotopic (exact) mass is 316 g/mol. The minimum atomic E-state index is 0.200. The molecule has 4 rings (SSSR count). The van der Waals surface area contributed by atoms with Crippen LogP contribution in [0.1, 0.15) is 29.2 Å². The summed E-state index contributed by atoms with van der Waals surface area (Å²) in [5.41, 5.74) is 1.12. The van der Waals surface area contributed by atoms with Crippen LogP contribution in [0, 0.1) is 5.92 Å². The maximum atomic E-state index is 11.8. The van der Waals surface area contributed by atoms with Crippen molar-refractivity contribution in [1.82, 2.24) is 19.8 Å². The molecule has 0 saturated heterocycles. The first kappa shape index (κ1) is 14.0. The summed E-state index contributed by atoms with van der Waals surface area (Å²) in [6, 6.07) is 4.29. The molecular weight excluding hydrogens is 296 g/mol. The molecule has 1 fully saturated rings. The fourth-order valence-corrected chi connectivity index (χ4v) is 3.69. The number of nitrogens with one attached hydrogen (secondary N) is 1. The molecule has 2 aliphatic rings. The number of carbonyl (C=O) groups excluding carboxylic acids is 1. The van der Waals surface area contributed by atoms with Gasteiger partial charge in [0.15, 0.2) is 0 Å². The minimum Gasteiger partial charge on any atom is -0.350 e. The Bertz CT molecular complexity index is 660. The molecule has 0 atom stereocenters. The molecule has 1 aliphatic carbocycles. The zero-order valence-electron chi connectivity index (χ0n) is 12.5. The van der Waals surface area contributed by atoms with Crippen LogP contribution in [0.3, 0.4) is 0 Å². The number of hydrogen-bond acceptors (Lipinski definition) is 4. The lowest BCUT2D eigenvalue weighted by Crippen LogP contribution is -2.34. The van der Waals surface area contributed by atoms with Crippen LogP contribution in [-0.2, 0) is 31.0 Å². The second-order valence-electron chi connectivity index (χ2n) is 6.10. The Morgan fingerprint density at radius 1 is 1.41 bits per heavy atom. The van der Waals surface area contributed by atoms with E-state index in [1.807, 2.05) is 6.20 Å². The van der Waals surface area contributed by atoms with E-state index in [0.29, 0.717) is 6.54 Å². The van der Waals surface area contributed by atoms with Crippen LogP contribution in [0.5, 0.6) is 0 Å². The van der Waals surface area contributed by atoms with Crippen molar-refractivity contribution in [2.45, 2.75) is 39.0 Å². The zero-order valence-corrected chi connectivity index (χ0v) is 13.3. The van der Waals surface area contributed by atoms with Gasteiger partial charge in [-0.05, 0) is 24.3 Å². The van der Waals surface area contributed by atoms with Crippen LogP contribution >= 0.6 is 11.3 Å². The molecule has 1 amide bonds. The van der Waals surface area contributed by atoms with Crippen molar-refractivity contribution in [3.8, 4) is 0 Å². The second kappa shape index (κ2) is 5.85. The van der Waals surface area contributed by atoms with Crippen LogP contribution in [0.25, 0.3) is 0 Å². The average molecular weight is 316 g/mol. The fraction of sp³-hybridized carbons (Fsp3) is 0.500. The zero-order chi connectivity index (χ0) is 14.9. The summed E-state index contributed by atoms with van der Waals surface area (Å²) in [7, 11) is 0. The number of amides is 1. The Labute approximate surface area is 134 Å². The van der Waals surface area contributed by atoms with E-state index >= 15 is 0 Å². The molecule has 2 aromatic heterocycles. The Hall–Kier alpha value is -1.66. The lowest BCUT2D eigenvalue weighted by atomic mass is 10.3. The lowest BCUT2D eigenvalue weighted by Gasteiger charge is -2.28. The van der Waals surface area contributed by atoms with Gasteiger partial charge in [0.05, 0.1) is 25.0 Å². The number of carbonyl (C=O) groups is 1. The van der Waals surface area contributed by atoms with Crippen LogP contribution in [0.2, 0.25) is 0 Å². The quantitative estimate of drug-likeness (QED) is 0.918. The van der Waals surface area contributed by atoms with E-state index < -0.39 is 0 Å². The summed E-state index contributed by atoms with van der Waals surface area (Å²) in [4.78, 5) is 20.1. The molecule has 3 heterocycles. The van der Waals surface area contributed by atoms with Gasteiger partial charge in [-0.25, -0.2) is 4.98 Å². The SMILES string of the molecule is O=C(NCc1cnc2n1CCN(Cc1cccs1)C2)C1CC1. The summed E-state index contributed by atoms with van der Waals surface area (Å²) in [5.74, 6) is 1.58. The molecule has 0 bridgehead atoms. The molecule has 1 N–H and O–H groups in total. The van der Waals surface area contributed by atoms with Crippen molar-refractivity contribution in [3.05, 3.63) is 40.1 Å². The van der Waals surface area contributed by atoms with Crippen LogP contribution in [0.15, 0.2) is 23.7 Å². The number of thiophene rings is 1. The molecule has 0 radical (unpaired) electrons. The fourth-order valence-electron chi connectivity index (χ4n) is 2.94. The maximum absolute atomic E-state index is 11.8. The van der Waals surface area contributed by atoms with Crippen molar-refractivity contribution in [2.24, 2.45) is 5.92 Å². The van der Waals surface area contributed by atoms with Crippen molar-refractivity contribution in [2.75, 3.05) is 6.54 Å². The first-order valence-electron chi connectivity index (χ1n) is 7.85. The normalized spacial score (nSPS) is 18.2. The largest absolute Gasteiger partial charge is 0.350 e. The van der Waals surface area contributed by atoms with Gasteiger partial charge < -0.3 is 9.88 Å². The molecule has 1 aliphatic heterocycles. The highest BCUT2D eigenvalue weighted by Gasteiger charge is 2.29. The molecule has 2 aromatic rings. The number of fused-ring (bicyclic) bond motifs is 1. The van der Waals surface area contributed by atoms with Gasteiger partial charge >= 0.3 is 0 Å². The summed E-state index contributed by atoms with van der Waals surface area (Å²) in [6.45, 7) is 4.47. The summed E-state index contributed by atoms with van der Waals surface area (Å²) in [6.07, 6.45) is 4.01. The third-order valence-corrected chi connectivity index (χ3v) is 5.24. The number of hydrogen-bond donors (Lipinski definition) is 1. The predicted molar refractivity (Wildman–Crippen MR) is 85.2 cm³/mol. The molecular formula is C16H20N4OS. The molecule has 1 saturated carbocycles. The summed E-state index contributed by atoms with van der Waals surface area (Å²) < 4.78 is 2.26. The molecule has 0 unspecified atom stereocenters. The first-order chi connectivity index (χ1) is 10.8. The highest BCUT2D eigenvalue weighted by atomic mass is 32.1. The van der Waals surface area contributed by atoms with E-state index in [1.165, 1.54) is 4.88 Å². The summed E-state index contributed by atoms with van der Waals surface area (Å²) >= 11 is 1.81. The number of imidazole rings is 1. The van der Waals surface area contributed by atoms with Crippen LogP contribution in [-0.4, -0.2) is 26.9 Å². The van der Waals surface area contributed by atoms with E-state index in [1.54, 1.807) is 11.3 Å². The third-order valence-electron chi connectivity index (χ3n) is 4.38. The van der Waals surface area contributed by atoms with Gasteiger partial charge in [-0.3, -0.25) is 9.69 Å². The second-order valence-corrected chi connectivity index (χ2v) is 7.13. The highest BCUT2D eigenvalue weighted by molar-refractivity contribution is 7.09. The molecule has 5 nitrogen and oxygen atoms in total. The third kappa shape index (κ3) is 2.94. The van der Waals surface area contributed by atoms with Crippen molar-refractivity contribution in [1.29, 1.82) is 0 Å². The standard InChI is InChI=1S/C16H20N4OS/c21-16(12-3-4-12)18-9-13-8-17-15-11-19(5-6-20(13)15)10-14-2-1-7-22-14/h1-2,7-8,12H,3-6,9-11H2,(H,18,21). The van der Waals surface area contributed by atoms with E-state index in [-0.39, 0.29) is 11.8 Å². The van der Waals surface area contributed by atoms with Gasteiger partial charge in [-0.1, -0.05) is 6.07 Å². The number of rotatable bonds is 5. The maximum Gasteiger partial charge on any atom is 0.223 e. The van der Waals surface area contributed by atoms with Gasteiger partial charge in [0.25, 0.3) is 0 Å². The van der Waals surface area contributed by atoms with E-state index in [2.05, 4.69) is 37.3 Å². The molecule has 6 heteroatoms. The first-order valence-corrected chi connectivity index (χ1v) is 8.73. The minimum absolute atomic E-state index is 0.200. The van der Waals surface area contributed by atoms with Gasteiger partial charge in [0, 0.05) is 30.4 Å². The van der Waals surface area contributed by atoms with E-state index in [9.17, 15) is 4.79 Å². The Morgan fingerprint density at radius 3 is 3.09 bits per heavy atom. The molecule has 116 valence electrons. The van der Waals surface area contributed by atoms with Crippen molar-refractivity contribution in [3.63, 3.8) is 0 Å². The Balaban J connectivity index is 1.38. The Kier molecular flexibility index (Phi) is 3.72. The van der Waals surface area contributed by atoms with Gasteiger partial charge in [-0.15, -0.1) is 11.3 Å². The van der Waals surface area contributed by atoms with Crippen molar-refractivity contribution < 1.29 is 4.79 Å². The predicted octanol–water partition coefficient (Wildman–Crippen LogP) is 1.99. The molecule has 0 spiro atoms. The Morgan fingerprint density at radius 2 is 2.32 bits per heavy atom. The average Bonchev–Trinajstić information content (AvgIpc) is 3.12. The molecule has 0 aromatic carbocycles. The number of aromatic nitrogens is 2. The highest BCUT2D eigenvalue weighted by Crippen LogP contribution is 2.28. The van der Waals surface area contributed by atoms with Crippen LogP contribution < -0.4 is 5.32 Å². The smallest absolute Gasteiger partial charge is 0.223 e. The topological polar surface area (TPSA) is 50.2 Å². The van der Waals surface area contributed by atoms with Gasteiger partial charge in [0.2, 0.25) is 5.91 Å². The van der Waals surface area contributed by atoms with Crippen molar-refractivity contribution >= 4 is 17.2 Å². The molecule has 22 heavy (non-hydrogen) atoms. The lowest BCUT2D eigenvalue weighted by molar-refractivity contribution is -0.122. The van der Waals surface area contributed by atoms with E-state index in [4.69, 9.17) is 0 Å². The van der Waals surface area contributed by atoms with Gasteiger partial charge in [-0.2, -0.15) is 0 Å². The summed E-state index contributed by atoms with van der Waals surface area (Å²) in [5, 5.41) is 5.16. The van der Waals surface area contributed by atoms with E-state index in [0.717, 1.165) is 50.5 Å². The number of nitrogens with zero attached hydrogens (tertiary/aromatic N) is 3. The van der Waals surface area contributed by atoms with Gasteiger partial charge in [0.1, 0.15) is 5.82 Å². The van der Waals surface area contributed by atoms with Crippen LogP contribution in [0.4, 0.5) is 0 Å².